The number of carboxylic acid groups (broad SMARTS) is 3. The smallest absolute Gasteiger partial charge is 0.322 e. The fourth-order valence-electron chi connectivity index (χ4n) is 3.36. The van der Waals surface area contributed by atoms with Crippen LogP contribution in [0.1, 0.15) is 58.3 Å². The van der Waals surface area contributed by atoms with Crippen molar-refractivity contribution in [2.24, 2.45) is 5.73 Å². The average molecular weight is 624 g/mol. The summed E-state index contributed by atoms with van der Waals surface area (Å²) in [6.45, 7) is 1.39. The van der Waals surface area contributed by atoms with Crippen molar-refractivity contribution in [3.8, 4) is 0 Å². The van der Waals surface area contributed by atoms with Crippen LogP contribution in [0, 0.1) is 0 Å². The molecule has 0 rings (SSSR count). The number of amides is 2. The van der Waals surface area contributed by atoms with E-state index in [0.717, 1.165) is 31.0 Å². The average Bonchev–Trinajstić information content (AvgIpc) is 2.95. The number of carbonyl (C=O) groups excluding carboxylic acids is 2. The fraction of sp³-hybridized carbons (Fsp3) is 0.500. The second kappa shape index (κ2) is 24.9. The first-order valence-corrected chi connectivity index (χ1v) is 15.1. The van der Waals surface area contributed by atoms with Crippen molar-refractivity contribution < 1.29 is 44.4 Å². The lowest BCUT2D eigenvalue weighted by molar-refractivity contribution is -0.138. The predicted molar refractivity (Wildman–Crippen MR) is 166 cm³/mol. The van der Waals surface area contributed by atoms with Crippen molar-refractivity contribution in [2.45, 2.75) is 81.7 Å². The molecule has 0 fully saturated rings. The van der Waals surface area contributed by atoms with E-state index in [4.69, 9.17) is 21.1 Å². The lowest BCUT2D eigenvalue weighted by atomic mass is 10.1. The molecule has 0 saturated heterocycles. The molecule has 4 atom stereocenters. The molecular weight excluding hydrogens is 578 g/mol. The molecule has 0 aromatic rings. The molecule has 0 aliphatic rings. The summed E-state index contributed by atoms with van der Waals surface area (Å²) in [6.07, 6.45) is 20.6. The van der Waals surface area contributed by atoms with Crippen LogP contribution in [-0.4, -0.2) is 85.9 Å². The summed E-state index contributed by atoms with van der Waals surface area (Å²) in [5.74, 6) is -5.09. The molecule has 12 nitrogen and oxygen atoms in total. The highest BCUT2D eigenvalue weighted by molar-refractivity contribution is 8.00. The highest BCUT2D eigenvalue weighted by Gasteiger charge is 2.27. The summed E-state index contributed by atoms with van der Waals surface area (Å²) in [7, 11) is 0. The van der Waals surface area contributed by atoms with Gasteiger partial charge in [0.1, 0.15) is 12.6 Å². The van der Waals surface area contributed by atoms with Gasteiger partial charge in [0.05, 0.1) is 12.1 Å². The summed E-state index contributed by atoms with van der Waals surface area (Å²) in [5.41, 5.74) is 5.75. The van der Waals surface area contributed by atoms with Crippen LogP contribution in [0.2, 0.25) is 0 Å². The first kappa shape index (κ1) is 39.3. The van der Waals surface area contributed by atoms with Gasteiger partial charge in [-0.25, -0.2) is 0 Å². The van der Waals surface area contributed by atoms with Gasteiger partial charge in [-0.2, -0.15) is 0 Å². The third-order valence-corrected chi connectivity index (χ3v) is 7.04. The van der Waals surface area contributed by atoms with Crippen LogP contribution >= 0.6 is 11.8 Å². The van der Waals surface area contributed by atoms with Crippen molar-refractivity contribution in [1.29, 1.82) is 0 Å². The Labute approximate surface area is 256 Å². The van der Waals surface area contributed by atoms with Gasteiger partial charge >= 0.3 is 17.9 Å². The number of nitrogens with two attached hydrogens (primary N) is 1. The van der Waals surface area contributed by atoms with E-state index in [1.54, 1.807) is 24.3 Å². The number of allylic oxidation sites excluding steroid dienone is 9. The number of nitrogens with one attached hydrogen (secondary N) is 2. The molecule has 0 saturated carbocycles. The van der Waals surface area contributed by atoms with Crippen LogP contribution in [0.4, 0.5) is 0 Å². The Morgan fingerprint density at radius 1 is 0.791 bits per heavy atom. The largest absolute Gasteiger partial charge is 0.481 e. The number of hydrogen-bond acceptors (Lipinski definition) is 8. The Kier molecular flexibility index (Phi) is 22.7. The highest BCUT2D eigenvalue weighted by atomic mass is 32.2. The molecule has 0 spiro atoms. The lowest BCUT2D eigenvalue weighted by Crippen LogP contribution is -2.53. The monoisotopic (exact) mass is 623 g/mol. The molecule has 0 unspecified atom stereocenters. The van der Waals surface area contributed by atoms with Crippen LogP contribution in [0.5, 0.6) is 0 Å². The number of carbonyl (C=O) groups is 5. The van der Waals surface area contributed by atoms with E-state index in [-0.39, 0.29) is 37.9 Å². The molecule has 0 aliphatic carbocycles. The Morgan fingerprint density at radius 2 is 1.42 bits per heavy atom. The van der Waals surface area contributed by atoms with Gasteiger partial charge in [0.25, 0.3) is 0 Å². The van der Waals surface area contributed by atoms with E-state index < -0.39 is 59.7 Å². The van der Waals surface area contributed by atoms with Crippen molar-refractivity contribution in [2.75, 3.05) is 12.3 Å². The Morgan fingerprint density at radius 3 is 2.05 bits per heavy atom. The minimum absolute atomic E-state index is 0.0861. The van der Waals surface area contributed by atoms with E-state index >= 15 is 0 Å². The zero-order valence-electron chi connectivity index (χ0n) is 24.5. The highest BCUT2D eigenvalue weighted by Crippen LogP contribution is 2.22. The number of thioether (sulfide) groups is 1. The third-order valence-electron chi connectivity index (χ3n) is 5.66. The standard InChI is InChI=1S/C30H45N3O9S/c1-2-3-4-5-6-7-8-9-10-11-12-13-16-25(24(34)15-14-17-26(35)36)43-21-23(30(42)32-20-28(39)40)33-29(41)22(31)18-19-27(37)38/h3-4,6-7,9-13,16,22-25,34H,2,5,8,14-15,17-21,31H2,1H3,(H,32,42)(H,33,41)(H,35,36)(H,37,38)(H,39,40)/b4-3-,7-6-,10-9-,12-11+,16-13+/t22-,23-,24-,25+/m0/s1. The number of aliphatic carboxylic acids is 3. The molecule has 0 aliphatic heterocycles. The Bertz CT molecular complexity index is 1020. The molecule has 8 N–H and O–H groups in total. The Hall–Kier alpha value is -3.68. The zero-order valence-corrected chi connectivity index (χ0v) is 25.3. The third kappa shape index (κ3) is 22.6. The number of rotatable bonds is 24. The molecule has 0 aromatic carbocycles. The second-order valence-electron chi connectivity index (χ2n) is 9.38. The lowest BCUT2D eigenvalue weighted by Gasteiger charge is -2.24. The molecule has 0 aromatic heterocycles. The van der Waals surface area contributed by atoms with Gasteiger partial charge in [-0.3, -0.25) is 24.0 Å². The molecule has 0 heterocycles. The maximum absolute atomic E-state index is 12.7. The normalized spacial score (nSPS) is 14.9. The molecule has 0 radical (unpaired) electrons. The molecule has 43 heavy (non-hydrogen) atoms. The van der Waals surface area contributed by atoms with E-state index in [9.17, 15) is 29.1 Å². The molecule has 2 amide bonds. The number of aliphatic hydroxyl groups is 1. The second-order valence-corrected chi connectivity index (χ2v) is 10.6. The summed E-state index contributed by atoms with van der Waals surface area (Å²) >= 11 is 1.11. The van der Waals surface area contributed by atoms with Crippen LogP contribution in [-0.2, 0) is 24.0 Å². The first-order chi connectivity index (χ1) is 20.5. The van der Waals surface area contributed by atoms with Crippen LogP contribution in [0.15, 0.2) is 60.8 Å². The zero-order chi connectivity index (χ0) is 32.5. The van der Waals surface area contributed by atoms with Gasteiger partial charge < -0.3 is 36.8 Å². The van der Waals surface area contributed by atoms with Gasteiger partial charge in [-0.05, 0) is 38.5 Å². The van der Waals surface area contributed by atoms with Gasteiger partial charge in [0.2, 0.25) is 11.8 Å². The van der Waals surface area contributed by atoms with E-state index in [1.807, 2.05) is 12.2 Å². The maximum Gasteiger partial charge on any atom is 0.322 e. The SMILES string of the molecule is CC/C=C\C/C=C\C\C=C/C=C/C=C/[C@@H](SC[C@H](NC(=O)[C@@H](N)CCC(=O)O)C(=O)NCC(=O)O)[C@@H](O)CCCC(=O)O. The summed E-state index contributed by atoms with van der Waals surface area (Å²) < 4.78 is 0. The Balaban J connectivity index is 5.46. The van der Waals surface area contributed by atoms with Crippen LogP contribution in [0.25, 0.3) is 0 Å². The first-order valence-electron chi connectivity index (χ1n) is 14.1. The molecule has 13 heteroatoms. The van der Waals surface area contributed by atoms with Crippen molar-refractivity contribution >= 4 is 41.5 Å². The van der Waals surface area contributed by atoms with E-state index in [2.05, 4.69) is 41.9 Å². The molecule has 240 valence electrons. The number of hydrogen-bond donors (Lipinski definition) is 7. The fourth-order valence-corrected chi connectivity index (χ4v) is 4.57. The van der Waals surface area contributed by atoms with Crippen molar-refractivity contribution in [1.82, 2.24) is 10.6 Å². The summed E-state index contributed by atoms with van der Waals surface area (Å²) in [4.78, 5) is 57.8. The van der Waals surface area contributed by atoms with Crippen LogP contribution in [0.3, 0.4) is 0 Å². The van der Waals surface area contributed by atoms with Crippen LogP contribution < -0.4 is 16.4 Å². The van der Waals surface area contributed by atoms with Gasteiger partial charge in [-0.15, -0.1) is 11.8 Å². The van der Waals surface area contributed by atoms with Gasteiger partial charge in [-0.1, -0.05) is 67.7 Å². The van der Waals surface area contributed by atoms with E-state index in [1.165, 1.54) is 0 Å². The van der Waals surface area contributed by atoms with Crippen molar-refractivity contribution in [3.63, 3.8) is 0 Å². The summed E-state index contributed by atoms with van der Waals surface area (Å²) in [5, 5.41) is 41.4. The maximum atomic E-state index is 12.7. The summed E-state index contributed by atoms with van der Waals surface area (Å²) in [6, 6.07) is -2.45. The van der Waals surface area contributed by atoms with Gasteiger partial charge in [0, 0.05) is 23.8 Å². The minimum Gasteiger partial charge on any atom is -0.481 e. The van der Waals surface area contributed by atoms with Crippen molar-refractivity contribution in [3.05, 3.63) is 60.8 Å². The molecular formula is C30H45N3O9S. The predicted octanol–water partition coefficient (Wildman–Crippen LogP) is 2.55. The molecule has 0 bridgehead atoms. The van der Waals surface area contributed by atoms with Gasteiger partial charge in [0.15, 0.2) is 0 Å². The quantitative estimate of drug-likeness (QED) is 0.0612. The van der Waals surface area contributed by atoms with E-state index in [0.29, 0.717) is 0 Å². The number of aliphatic hydroxyl groups excluding tert-OH is 1. The minimum atomic E-state index is -1.29. The number of carboxylic acids is 3. The topological polar surface area (TPSA) is 216 Å².